The minimum absolute atomic E-state index is 0.0256. The normalized spacial score (nSPS) is 13.2. The van der Waals surface area contributed by atoms with Crippen LogP contribution in [-0.4, -0.2) is 6.71 Å². The molecule has 0 aromatic heterocycles. The third-order valence-electron chi connectivity index (χ3n) is 10.1. The molecule has 7 aromatic rings. The standard InChI is InChI=1S/C43H35B/c1-28-20-22-30-12-5-7-16-35(30)41(28)44(42-29(2)21-23-31-13-6-8-17-36(31)42)34-15-11-14-32(26-34)33-24-25-38-37-18-9-10-19-39(37)43(3,4)40(38)27-33/h5-27H,1-4H3. The zero-order chi connectivity index (χ0) is 30.0. The van der Waals surface area contributed by atoms with E-state index in [2.05, 4.69) is 167 Å². The fourth-order valence-corrected chi connectivity index (χ4v) is 7.83. The SMILES string of the molecule is Cc1ccc2ccccc2c1B(c1cccc(-c2ccc3c(c2)C(C)(C)c2ccccc2-3)c1)c1c(C)ccc2ccccc12. The summed E-state index contributed by atoms with van der Waals surface area (Å²) < 4.78 is 0. The molecule has 0 saturated heterocycles. The highest BCUT2D eigenvalue weighted by molar-refractivity contribution is 6.98. The molecule has 210 valence electrons. The van der Waals surface area contributed by atoms with Gasteiger partial charge in [0.15, 0.2) is 0 Å². The highest BCUT2D eigenvalue weighted by Gasteiger charge is 2.35. The summed E-state index contributed by atoms with van der Waals surface area (Å²) in [6.45, 7) is 9.36. The molecule has 0 fully saturated rings. The van der Waals surface area contributed by atoms with Crippen LogP contribution in [0.4, 0.5) is 0 Å². The van der Waals surface area contributed by atoms with E-state index in [-0.39, 0.29) is 12.1 Å². The number of fused-ring (bicyclic) bond motifs is 5. The Bertz CT molecular complexity index is 2150. The number of benzene rings is 7. The van der Waals surface area contributed by atoms with Crippen LogP contribution in [0.15, 0.2) is 140 Å². The summed E-state index contributed by atoms with van der Waals surface area (Å²) in [5.74, 6) is 0. The monoisotopic (exact) mass is 562 g/mol. The van der Waals surface area contributed by atoms with Crippen molar-refractivity contribution in [2.75, 3.05) is 0 Å². The zero-order valence-electron chi connectivity index (χ0n) is 25.9. The first-order chi connectivity index (χ1) is 21.4. The van der Waals surface area contributed by atoms with Gasteiger partial charge in [0.05, 0.1) is 0 Å². The predicted molar refractivity (Wildman–Crippen MR) is 191 cm³/mol. The van der Waals surface area contributed by atoms with Crippen molar-refractivity contribution in [3.05, 3.63) is 162 Å². The molecule has 0 radical (unpaired) electrons. The second-order valence-corrected chi connectivity index (χ2v) is 13.0. The van der Waals surface area contributed by atoms with Gasteiger partial charge in [-0.3, -0.25) is 0 Å². The van der Waals surface area contributed by atoms with E-state index >= 15 is 0 Å². The Morgan fingerprint density at radius 2 is 1.02 bits per heavy atom. The van der Waals surface area contributed by atoms with Gasteiger partial charge in [0.1, 0.15) is 0 Å². The van der Waals surface area contributed by atoms with Crippen LogP contribution in [-0.2, 0) is 5.41 Å². The van der Waals surface area contributed by atoms with Crippen molar-refractivity contribution in [2.24, 2.45) is 0 Å². The van der Waals surface area contributed by atoms with E-state index in [0.717, 1.165) is 0 Å². The van der Waals surface area contributed by atoms with E-state index in [1.807, 2.05) is 0 Å². The first-order valence-corrected chi connectivity index (χ1v) is 15.7. The molecule has 0 amide bonds. The average Bonchev–Trinajstić information content (AvgIpc) is 3.29. The van der Waals surface area contributed by atoms with E-state index in [1.165, 1.54) is 82.4 Å². The Hall–Kier alpha value is -4.88. The second kappa shape index (κ2) is 10.1. The van der Waals surface area contributed by atoms with Crippen LogP contribution in [0, 0.1) is 13.8 Å². The van der Waals surface area contributed by atoms with Gasteiger partial charge in [-0.2, -0.15) is 0 Å². The van der Waals surface area contributed by atoms with Gasteiger partial charge in [-0.05, 0) is 74.8 Å². The second-order valence-electron chi connectivity index (χ2n) is 13.0. The average molecular weight is 563 g/mol. The summed E-state index contributed by atoms with van der Waals surface area (Å²) in [7, 11) is 0. The van der Waals surface area contributed by atoms with Crippen molar-refractivity contribution in [3.8, 4) is 22.3 Å². The van der Waals surface area contributed by atoms with Crippen LogP contribution >= 0.6 is 0 Å². The van der Waals surface area contributed by atoms with Crippen molar-refractivity contribution in [1.82, 2.24) is 0 Å². The van der Waals surface area contributed by atoms with Crippen molar-refractivity contribution in [2.45, 2.75) is 33.1 Å². The first-order valence-electron chi connectivity index (χ1n) is 15.7. The third-order valence-corrected chi connectivity index (χ3v) is 10.1. The molecule has 0 bridgehead atoms. The molecule has 1 heteroatoms. The van der Waals surface area contributed by atoms with E-state index < -0.39 is 0 Å². The zero-order valence-corrected chi connectivity index (χ0v) is 25.9. The molecule has 0 N–H and O–H groups in total. The van der Waals surface area contributed by atoms with Gasteiger partial charge in [0.25, 0.3) is 0 Å². The minimum atomic E-state index is -0.0256. The lowest BCUT2D eigenvalue weighted by Gasteiger charge is -2.24. The Balaban J connectivity index is 1.36. The molecule has 0 saturated carbocycles. The van der Waals surface area contributed by atoms with Gasteiger partial charge >= 0.3 is 0 Å². The first kappa shape index (κ1) is 26.7. The van der Waals surface area contributed by atoms with Crippen LogP contribution in [0.5, 0.6) is 0 Å². The number of hydrogen-bond acceptors (Lipinski definition) is 0. The van der Waals surface area contributed by atoms with Gasteiger partial charge < -0.3 is 0 Å². The Labute approximate surface area is 261 Å². The van der Waals surface area contributed by atoms with Crippen LogP contribution in [0.3, 0.4) is 0 Å². The summed E-state index contributed by atoms with van der Waals surface area (Å²) in [6, 6.07) is 52.2. The molecule has 0 aliphatic heterocycles. The van der Waals surface area contributed by atoms with Crippen molar-refractivity contribution in [1.29, 1.82) is 0 Å². The number of rotatable bonds is 4. The van der Waals surface area contributed by atoms with Gasteiger partial charge in [-0.25, -0.2) is 0 Å². The molecule has 0 heterocycles. The summed E-state index contributed by atoms with van der Waals surface area (Å²) in [6.07, 6.45) is 0. The number of aryl methyl sites for hydroxylation is 2. The van der Waals surface area contributed by atoms with Crippen LogP contribution < -0.4 is 16.4 Å². The maximum Gasteiger partial charge on any atom is 0.243 e. The Morgan fingerprint density at radius 3 is 1.70 bits per heavy atom. The minimum Gasteiger partial charge on any atom is -0.0680 e. The van der Waals surface area contributed by atoms with E-state index in [9.17, 15) is 0 Å². The molecule has 1 aliphatic carbocycles. The smallest absolute Gasteiger partial charge is 0.0680 e. The summed E-state index contributed by atoms with van der Waals surface area (Å²) >= 11 is 0. The van der Waals surface area contributed by atoms with Gasteiger partial charge in [-0.1, -0.05) is 175 Å². The molecule has 1 aliphatic rings. The van der Waals surface area contributed by atoms with Crippen molar-refractivity contribution >= 4 is 44.6 Å². The third kappa shape index (κ3) is 4.07. The molecule has 44 heavy (non-hydrogen) atoms. The lowest BCUT2D eigenvalue weighted by atomic mass is 9.34. The lowest BCUT2D eigenvalue weighted by molar-refractivity contribution is 0.660. The van der Waals surface area contributed by atoms with E-state index in [4.69, 9.17) is 0 Å². The highest BCUT2D eigenvalue weighted by Crippen LogP contribution is 2.49. The molecule has 7 aromatic carbocycles. The molecule has 0 atom stereocenters. The molecule has 8 rings (SSSR count). The topological polar surface area (TPSA) is 0 Å². The maximum atomic E-state index is 2.45. The quantitative estimate of drug-likeness (QED) is 0.188. The Morgan fingerprint density at radius 1 is 0.455 bits per heavy atom. The van der Waals surface area contributed by atoms with E-state index in [0.29, 0.717) is 0 Å². The van der Waals surface area contributed by atoms with Crippen LogP contribution in [0.25, 0.3) is 43.8 Å². The highest BCUT2D eigenvalue weighted by atomic mass is 14.4. The molecule has 0 unspecified atom stereocenters. The summed E-state index contributed by atoms with van der Waals surface area (Å²) in [5.41, 5.74) is 14.8. The van der Waals surface area contributed by atoms with Gasteiger partial charge in [0, 0.05) is 5.41 Å². The fraction of sp³-hybridized carbons (Fsp3) is 0.116. The molecular weight excluding hydrogens is 527 g/mol. The Kier molecular flexibility index (Phi) is 6.14. The number of hydrogen-bond donors (Lipinski definition) is 0. The lowest BCUT2D eigenvalue weighted by Crippen LogP contribution is -2.54. The van der Waals surface area contributed by atoms with Gasteiger partial charge in [-0.15, -0.1) is 0 Å². The maximum absolute atomic E-state index is 2.45. The summed E-state index contributed by atoms with van der Waals surface area (Å²) in [4.78, 5) is 0. The largest absolute Gasteiger partial charge is 0.243 e. The molecular formula is C43H35B. The summed E-state index contributed by atoms with van der Waals surface area (Å²) in [5, 5.41) is 5.22. The van der Waals surface area contributed by atoms with Crippen LogP contribution in [0.2, 0.25) is 0 Å². The van der Waals surface area contributed by atoms with Crippen LogP contribution in [0.1, 0.15) is 36.1 Å². The van der Waals surface area contributed by atoms with Crippen molar-refractivity contribution < 1.29 is 0 Å². The van der Waals surface area contributed by atoms with E-state index in [1.54, 1.807) is 0 Å². The fourth-order valence-electron chi connectivity index (χ4n) is 7.83. The van der Waals surface area contributed by atoms with Crippen molar-refractivity contribution in [3.63, 3.8) is 0 Å². The molecule has 0 spiro atoms. The van der Waals surface area contributed by atoms with Gasteiger partial charge in [0.2, 0.25) is 6.71 Å². The molecule has 0 nitrogen and oxygen atoms in total. The predicted octanol–water partition coefficient (Wildman–Crippen LogP) is 9.10.